The van der Waals surface area contributed by atoms with Crippen LogP contribution >= 0.6 is 0 Å². The first-order valence-electron chi connectivity index (χ1n) is 6.53. The van der Waals surface area contributed by atoms with Crippen LogP contribution in [0.25, 0.3) is 0 Å². The number of aryl methyl sites for hydroxylation is 1. The second kappa shape index (κ2) is 8.41. The van der Waals surface area contributed by atoms with E-state index in [0.717, 1.165) is 49.4 Å². The number of unbranched alkanes of at least 4 members (excludes halogenated alkanes) is 2. The van der Waals surface area contributed by atoms with Crippen LogP contribution in [-0.2, 0) is 17.0 Å². The minimum atomic E-state index is -4.28. The van der Waals surface area contributed by atoms with E-state index in [1.54, 1.807) is 0 Å². The summed E-state index contributed by atoms with van der Waals surface area (Å²) in [6.45, 7) is -1.66. The molecule has 2 N–H and O–H groups in total. The number of alkyl halides is 3. The maximum absolute atomic E-state index is 12.4. The van der Waals surface area contributed by atoms with Crippen LogP contribution in [-0.4, -0.2) is 26.5 Å². The zero-order valence-corrected chi connectivity index (χ0v) is 12.5. The molecule has 0 bridgehead atoms. The Morgan fingerprint density at radius 1 is 1.05 bits per heavy atom. The van der Waals surface area contributed by atoms with E-state index in [2.05, 4.69) is 0 Å². The molecule has 0 saturated carbocycles. The SMILES string of the molecule is OC(O)O[SiH2]CCCCCc1ccc(C(F)(F)F)cc1. The van der Waals surface area contributed by atoms with Crippen molar-refractivity contribution in [3.8, 4) is 0 Å². The molecule has 0 radical (unpaired) electrons. The van der Waals surface area contributed by atoms with Gasteiger partial charge in [-0.15, -0.1) is 0 Å². The maximum Gasteiger partial charge on any atom is 0.416 e. The number of benzene rings is 1. The smallest absolute Gasteiger partial charge is 0.379 e. The minimum absolute atomic E-state index is 0.619. The third-order valence-corrected chi connectivity index (χ3v) is 4.23. The Hall–Kier alpha value is -0.893. The summed E-state index contributed by atoms with van der Waals surface area (Å²) in [5.41, 5.74) is 0.282. The molecule has 114 valence electrons. The van der Waals surface area contributed by atoms with Gasteiger partial charge in [0.25, 0.3) is 6.48 Å². The highest BCUT2D eigenvalue weighted by molar-refractivity contribution is 6.26. The maximum atomic E-state index is 12.4. The molecule has 0 aliphatic heterocycles. The van der Waals surface area contributed by atoms with Crippen LogP contribution in [0.1, 0.15) is 30.4 Å². The van der Waals surface area contributed by atoms with Crippen LogP contribution in [0, 0.1) is 0 Å². The summed E-state index contributed by atoms with van der Waals surface area (Å²) in [6.07, 6.45) is -0.719. The van der Waals surface area contributed by atoms with Gasteiger partial charge in [-0.2, -0.15) is 13.2 Å². The third-order valence-electron chi connectivity index (χ3n) is 2.91. The summed E-state index contributed by atoms with van der Waals surface area (Å²) < 4.78 is 41.8. The Balaban J connectivity index is 2.16. The molecule has 1 rings (SSSR count). The molecule has 3 nitrogen and oxygen atoms in total. The topological polar surface area (TPSA) is 49.7 Å². The minimum Gasteiger partial charge on any atom is -0.379 e. The van der Waals surface area contributed by atoms with Crippen LogP contribution in [0.5, 0.6) is 0 Å². The first-order valence-corrected chi connectivity index (χ1v) is 8.11. The number of hydrogen-bond donors (Lipinski definition) is 2. The van der Waals surface area contributed by atoms with Gasteiger partial charge in [-0.05, 0) is 36.6 Å². The number of aliphatic hydroxyl groups excluding tert-OH is 1. The molecule has 1 aromatic rings. The van der Waals surface area contributed by atoms with E-state index in [1.807, 2.05) is 0 Å². The molecule has 0 heterocycles. The van der Waals surface area contributed by atoms with Gasteiger partial charge in [0.15, 0.2) is 9.76 Å². The molecule has 0 aliphatic rings. The fraction of sp³-hybridized carbons (Fsp3) is 0.538. The van der Waals surface area contributed by atoms with Crippen molar-refractivity contribution in [3.63, 3.8) is 0 Å². The highest BCUT2D eigenvalue weighted by Crippen LogP contribution is 2.29. The van der Waals surface area contributed by atoms with E-state index in [1.165, 1.54) is 12.1 Å². The van der Waals surface area contributed by atoms with Gasteiger partial charge in [-0.25, -0.2) is 0 Å². The quantitative estimate of drug-likeness (QED) is 0.440. The highest BCUT2D eigenvalue weighted by Gasteiger charge is 2.29. The van der Waals surface area contributed by atoms with Gasteiger partial charge in [-0.3, -0.25) is 0 Å². The Bertz CT molecular complexity index is 379. The molecule has 0 aliphatic carbocycles. The van der Waals surface area contributed by atoms with Crippen LogP contribution in [0.15, 0.2) is 24.3 Å². The molecule has 0 amide bonds. The van der Waals surface area contributed by atoms with E-state index in [-0.39, 0.29) is 0 Å². The first-order chi connectivity index (χ1) is 9.39. The second-order valence-corrected chi connectivity index (χ2v) is 6.00. The Kier molecular flexibility index (Phi) is 7.21. The highest BCUT2D eigenvalue weighted by atomic mass is 28.2. The monoisotopic (exact) mass is 308 g/mol. The lowest BCUT2D eigenvalue weighted by molar-refractivity contribution is -0.180. The van der Waals surface area contributed by atoms with Crippen molar-refractivity contribution in [2.45, 2.75) is 44.4 Å². The number of aliphatic hydroxyl groups is 2. The molecule has 0 atom stereocenters. The molecule has 0 fully saturated rings. The molecule has 7 heteroatoms. The van der Waals surface area contributed by atoms with Crippen LogP contribution < -0.4 is 0 Å². The van der Waals surface area contributed by atoms with E-state index in [0.29, 0.717) is 0 Å². The predicted molar refractivity (Wildman–Crippen MR) is 71.7 cm³/mol. The summed E-state index contributed by atoms with van der Waals surface area (Å²) in [7, 11) is -0.873. The molecular formula is C13H19F3O3Si. The lowest BCUT2D eigenvalue weighted by atomic mass is 10.1. The molecule has 1 aromatic carbocycles. The van der Waals surface area contributed by atoms with Crippen molar-refractivity contribution in [1.82, 2.24) is 0 Å². The molecule has 0 spiro atoms. The number of rotatable bonds is 8. The zero-order valence-electron chi connectivity index (χ0n) is 11.1. The zero-order chi connectivity index (χ0) is 15.0. The van der Waals surface area contributed by atoms with Crippen LogP contribution in [0.3, 0.4) is 0 Å². The summed E-state index contributed by atoms with van der Waals surface area (Å²) in [5.74, 6) is 0. The van der Waals surface area contributed by atoms with Gasteiger partial charge in [-0.1, -0.05) is 25.0 Å². The van der Waals surface area contributed by atoms with Crippen LogP contribution in [0.2, 0.25) is 6.04 Å². The van der Waals surface area contributed by atoms with Crippen molar-refractivity contribution in [2.24, 2.45) is 0 Å². The Morgan fingerprint density at radius 3 is 2.25 bits per heavy atom. The van der Waals surface area contributed by atoms with Crippen molar-refractivity contribution in [3.05, 3.63) is 35.4 Å². The fourth-order valence-corrected chi connectivity index (χ4v) is 2.77. The number of hydrogen-bond acceptors (Lipinski definition) is 3. The number of halogens is 3. The van der Waals surface area contributed by atoms with Gasteiger partial charge >= 0.3 is 6.18 Å². The molecule has 0 unspecified atom stereocenters. The molecular weight excluding hydrogens is 289 g/mol. The van der Waals surface area contributed by atoms with Crippen molar-refractivity contribution in [2.75, 3.05) is 0 Å². The van der Waals surface area contributed by atoms with Gasteiger partial charge in [0.2, 0.25) is 0 Å². The predicted octanol–water partition coefficient (Wildman–Crippen LogP) is 2.21. The molecule has 0 saturated heterocycles. The summed E-state index contributed by atoms with van der Waals surface area (Å²) >= 11 is 0. The van der Waals surface area contributed by atoms with E-state index in [4.69, 9.17) is 14.6 Å². The molecule has 20 heavy (non-hydrogen) atoms. The van der Waals surface area contributed by atoms with Gasteiger partial charge in [0.1, 0.15) is 0 Å². The van der Waals surface area contributed by atoms with E-state index < -0.39 is 28.0 Å². The van der Waals surface area contributed by atoms with E-state index >= 15 is 0 Å². The normalized spacial score (nSPS) is 12.7. The summed E-state index contributed by atoms with van der Waals surface area (Å²) in [5, 5.41) is 16.9. The summed E-state index contributed by atoms with van der Waals surface area (Å²) in [6, 6.07) is 6.12. The Morgan fingerprint density at radius 2 is 1.70 bits per heavy atom. The fourth-order valence-electron chi connectivity index (χ4n) is 1.83. The Labute approximate surface area is 118 Å². The molecule has 0 aromatic heterocycles. The van der Waals surface area contributed by atoms with Crippen LogP contribution in [0.4, 0.5) is 13.2 Å². The average Bonchev–Trinajstić information content (AvgIpc) is 2.37. The first kappa shape index (κ1) is 17.2. The summed E-state index contributed by atoms with van der Waals surface area (Å²) in [4.78, 5) is 0. The van der Waals surface area contributed by atoms with Crippen molar-refractivity contribution >= 4 is 9.76 Å². The van der Waals surface area contributed by atoms with Gasteiger partial charge in [0.05, 0.1) is 5.56 Å². The second-order valence-electron chi connectivity index (χ2n) is 4.56. The largest absolute Gasteiger partial charge is 0.416 e. The lowest BCUT2D eigenvalue weighted by Crippen LogP contribution is -2.12. The standard InChI is InChI=1S/C13H19F3O3Si/c14-13(15,16)11-7-5-10(6-8-11)4-2-1-3-9-20-19-12(17)18/h5-8,12,17-18H,1-4,9,20H2. The van der Waals surface area contributed by atoms with Gasteiger partial charge in [0, 0.05) is 0 Å². The van der Waals surface area contributed by atoms with E-state index in [9.17, 15) is 13.2 Å². The van der Waals surface area contributed by atoms with Gasteiger partial charge < -0.3 is 14.6 Å². The van der Waals surface area contributed by atoms with Crippen molar-refractivity contribution in [1.29, 1.82) is 0 Å². The third kappa shape index (κ3) is 7.04. The lowest BCUT2D eigenvalue weighted by Gasteiger charge is -2.08. The van der Waals surface area contributed by atoms with Crippen molar-refractivity contribution < 1.29 is 27.8 Å². The average molecular weight is 308 g/mol.